The predicted octanol–water partition coefficient (Wildman–Crippen LogP) is 1.83. The van der Waals surface area contributed by atoms with Gasteiger partial charge in [-0.1, -0.05) is 11.6 Å². The summed E-state index contributed by atoms with van der Waals surface area (Å²) in [5.41, 5.74) is 1.13. The fraction of sp³-hybridized carbons (Fsp3) is 0.300. The summed E-state index contributed by atoms with van der Waals surface area (Å²) in [6.07, 6.45) is 1.56. The van der Waals surface area contributed by atoms with E-state index in [1.807, 2.05) is 6.92 Å². The highest BCUT2D eigenvalue weighted by molar-refractivity contribution is 7.91. The van der Waals surface area contributed by atoms with Crippen LogP contribution in [0.25, 0.3) is 0 Å². The smallest absolute Gasteiger partial charge is 0.273 e. The summed E-state index contributed by atoms with van der Waals surface area (Å²) in [5, 5.41) is 14.7. The van der Waals surface area contributed by atoms with Crippen LogP contribution in [0.1, 0.15) is 11.3 Å². The van der Waals surface area contributed by atoms with Crippen LogP contribution in [0.3, 0.4) is 0 Å². The van der Waals surface area contributed by atoms with Gasteiger partial charge in [0, 0.05) is 30.9 Å². The molecule has 114 valence electrons. The van der Waals surface area contributed by atoms with Crippen molar-refractivity contribution in [2.45, 2.75) is 17.7 Å². The molecule has 0 amide bonds. The molecule has 2 aromatic heterocycles. The van der Waals surface area contributed by atoms with Gasteiger partial charge in [0.05, 0.1) is 11.1 Å². The SMILES string of the molecule is Cc1c(CNS(=O)(=O)c2cc([N+](=O)[O-])c(Cl)s2)cnn1C. The lowest BCUT2D eigenvalue weighted by atomic mass is 10.3. The Morgan fingerprint density at radius 3 is 2.71 bits per heavy atom. The monoisotopic (exact) mass is 350 g/mol. The Morgan fingerprint density at radius 2 is 2.24 bits per heavy atom. The molecule has 11 heteroatoms. The van der Waals surface area contributed by atoms with E-state index < -0.39 is 20.6 Å². The number of nitro groups is 1. The normalized spacial score (nSPS) is 11.8. The average molecular weight is 351 g/mol. The summed E-state index contributed by atoms with van der Waals surface area (Å²) in [5.74, 6) is 0. The quantitative estimate of drug-likeness (QED) is 0.653. The zero-order valence-electron chi connectivity index (χ0n) is 11.0. The van der Waals surface area contributed by atoms with Gasteiger partial charge in [0.25, 0.3) is 15.7 Å². The van der Waals surface area contributed by atoms with Crippen molar-refractivity contribution in [1.82, 2.24) is 14.5 Å². The zero-order chi connectivity index (χ0) is 15.8. The van der Waals surface area contributed by atoms with Crippen LogP contribution in [-0.2, 0) is 23.6 Å². The van der Waals surface area contributed by atoms with E-state index in [-0.39, 0.29) is 15.1 Å². The first-order valence-corrected chi connectivity index (χ1v) is 8.31. The second-order valence-corrected chi connectivity index (χ2v) is 7.83. The summed E-state index contributed by atoms with van der Waals surface area (Å²) in [6.45, 7) is 1.86. The van der Waals surface area contributed by atoms with Gasteiger partial charge in [-0.25, -0.2) is 13.1 Å². The highest BCUT2D eigenvalue weighted by atomic mass is 35.5. The van der Waals surface area contributed by atoms with Gasteiger partial charge in [0.1, 0.15) is 4.21 Å². The Labute approximate surface area is 129 Å². The first-order valence-electron chi connectivity index (χ1n) is 5.63. The van der Waals surface area contributed by atoms with E-state index in [4.69, 9.17) is 11.6 Å². The molecule has 0 atom stereocenters. The molecule has 0 aromatic carbocycles. The van der Waals surface area contributed by atoms with Crippen molar-refractivity contribution >= 4 is 38.6 Å². The van der Waals surface area contributed by atoms with E-state index in [9.17, 15) is 18.5 Å². The maximum absolute atomic E-state index is 12.1. The van der Waals surface area contributed by atoms with Gasteiger partial charge in [0.15, 0.2) is 4.34 Å². The molecule has 2 heterocycles. The molecule has 8 nitrogen and oxygen atoms in total. The highest BCUT2D eigenvalue weighted by Gasteiger charge is 2.25. The third-order valence-electron chi connectivity index (χ3n) is 2.90. The molecule has 0 unspecified atom stereocenters. The van der Waals surface area contributed by atoms with Gasteiger partial charge in [-0.2, -0.15) is 5.10 Å². The molecule has 0 fully saturated rings. The Hall–Kier alpha value is -1.49. The lowest BCUT2D eigenvalue weighted by Crippen LogP contribution is -2.22. The summed E-state index contributed by atoms with van der Waals surface area (Å²) in [6, 6.07) is 0.950. The molecule has 0 aliphatic rings. The van der Waals surface area contributed by atoms with Crippen LogP contribution in [0.15, 0.2) is 16.5 Å². The minimum Gasteiger partial charge on any atom is -0.273 e. The van der Waals surface area contributed by atoms with Crippen molar-refractivity contribution in [2.75, 3.05) is 0 Å². The lowest BCUT2D eigenvalue weighted by Gasteiger charge is -2.04. The number of hydrogen-bond acceptors (Lipinski definition) is 6. The molecule has 0 radical (unpaired) electrons. The summed E-state index contributed by atoms with van der Waals surface area (Å²) < 4.78 is 27.8. The highest BCUT2D eigenvalue weighted by Crippen LogP contribution is 2.36. The molecular formula is C10H11ClN4O4S2. The van der Waals surface area contributed by atoms with Gasteiger partial charge >= 0.3 is 0 Å². The first-order chi connectivity index (χ1) is 9.72. The molecule has 2 rings (SSSR count). The molecule has 2 aromatic rings. The van der Waals surface area contributed by atoms with Crippen LogP contribution in [0.4, 0.5) is 5.69 Å². The van der Waals surface area contributed by atoms with Gasteiger partial charge in [0.2, 0.25) is 0 Å². The maximum Gasteiger partial charge on any atom is 0.300 e. The number of aromatic nitrogens is 2. The molecule has 1 N–H and O–H groups in total. The number of rotatable bonds is 5. The Balaban J connectivity index is 2.21. The van der Waals surface area contributed by atoms with Crippen molar-refractivity contribution in [1.29, 1.82) is 0 Å². The third kappa shape index (κ3) is 3.23. The number of hydrogen-bond donors (Lipinski definition) is 1. The van der Waals surface area contributed by atoms with Crippen LogP contribution in [0.5, 0.6) is 0 Å². The standard InChI is InChI=1S/C10H11ClN4O4S2/c1-6-7(4-12-14(6)2)5-13-21(18,19)9-3-8(15(16)17)10(11)20-9/h3-4,13H,5H2,1-2H3. The van der Waals surface area contributed by atoms with E-state index in [0.717, 1.165) is 17.3 Å². The number of nitrogens with one attached hydrogen (secondary N) is 1. The molecule has 0 saturated heterocycles. The Morgan fingerprint density at radius 1 is 1.57 bits per heavy atom. The molecule has 0 spiro atoms. The zero-order valence-corrected chi connectivity index (χ0v) is 13.4. The predicted molar refractivity (Wildman–Crippen MR) is 78.0 cm³/mol. The Kier molecular flexibility index (Phi) is 4.33. The number of halogens is 1. The van der Waals surface area contributed by atoms with Crippen LogP contribution in [0, 0.1) is 17.0 Å². The lowest BCUT2D eigenvalue weighted by molar-refractivity contribution is -0.384. The fourth-order valence-corrected chi connectivity index (χ4v) is 4.27. The number of aryl methyl sites for hydroxylation is 1. The minimum atomic E-state index is -3.86. The van der Waals surface area contributed by atoms with Crippen LogP contribution in [-0.4, -0.2) is 23.1 Å². The second-order valence-electron chi connectivity index (χ2n) is 4.18. The van der Waals surface area contributed by atoms with Crippen molar-refractivity contribution in [3.05, 3.63) is 38.0 Å². The number of thiophene rings is 1. The second kappa shape index (κ2) is 5.72. The van der Waals surface area contributed by atoms with Crippen LogP contribution < -0.4 is 4.72 Å². The van der Waals surface area contributed by atoms with Gasteiger partial charge in [-0.05, 0) is 6.92 Å². The van der Waals surface area contributed by atoms with E-state index >= 15 is 0 Å². The van der Waals surface area contributed by atoms with Crippen molar-refractivity contribution < 1.29 is 13.3 Å². The van der Waals surface area contributed by atoms with Crippen molar-refractivity contribution in [2.24, 2.45) is 7.05 Å². The number of nitrogens with zero attached hydrogens (tertiary/aromatic N) is 3. The average Bonchev–Trinajstić information content (AvgIpc) is 2.93. The molecule has 0 aliphatic carbocycles. The fourth-order valence-electron chi connectivity index (χ4n) is 1.56. The summed E-state index contributed by atoms with van der Waals surface area (Å²) >= 11 is 6.31. The maximum atomic E-state index is 12.1. The molecular weight excluding hydrogens is 340 g/mol. The van der Waals surface area contributed by atoms with E-state index in [1.54, 1.807) is 17.9 Å². The molecule has 21 heavy (non-hydrogen) atoms. The molecule has 0 aliphatic heterocycles. The first kappa shape index (κ1) is 15.9. The van der Waals surface area contributed by atoms with E-state index in [2.05, 4.69) is 9.82 Å². The number of sulfonamides is 1. The van der Waals surface area contributed by atoms with Crippen LogP contribution >= 0.6 is 22.9 Å². The Bertz CT molecular complexity index is 796. The topological polar surface area (TPSA) is 107 Å². The minimum absolute atomic E-state index is 0.0469. The van der Waals surface area contributed by atoms with Crippen molar-refractivity contribution in [3.8, 4) is 0 Å². The van der Waals surface area contributed by atoms with Gasteiger partial charge < -0.3 is 0 Å². The van der Waals surface area contributed by atoms with E-state index in [0.29, 0.717) is 11.3 Å². The van der Waals surface area contributed by atoms with Crippen molar-refractivity contribution in [3.63, 3.8) is 0 Å². The summed E-state index contributed by atoms with van der Waals surface area (Å²) in [7, 11) is -2.11. The molecule has 0 saturated carbocycles. The van der Waals surface area contributed by atoms with E-state index in [1.165, 1.54) is 0 Å². The molecule has 0 bridgehead atoms. The van der Waals surface area contributed by atoms with Gasteiger partial charge in [-0.15, -0.1) is 11.3 Å². The van der Waals surface area contributed by atoms with Gasteiger partial charge in [-0.3, -0.25) is 14.8 Å². The third-order valence-corrected chi connectivity index (χ3v) is 6.11. The largest absolute Gasteiger partial charge is 0.300 e. The summed E-state index contributed by atoms with van der Waals surface area (Å²) in [4.78, 5) is 9.97. The van der Waals surface area contributed by atoms with Crippen LogP contribution in [0.2, 0.25) is 4.34 Å².